The van der Waals surface area contributed by atoms with Gasteiger partial charge in [0.2, 0.25) is 0 Å². The molecule has 0 atom stereocenters. The molecule has 1 N–H and O–H groups in total. The molecule has 0 aromatic heterocycles. The quantitative estimate of drug-likeness (QED) is 0.906. The molecule has 2 aromatic carbocycles. The predicted octanol–water partition coefficient (Wildman–Crippen LogP) is 3.76. The zero-order chi connectivity index (χ0) is 13.8. The molecule has 0 fully saturated rings. The molecule has 0 radical (unpaired) electrons. The Bertz CT molecular complexity index is 603. The van der Waals surface area contributed by atoms with Crippen molar-refractivity contribution < 1.29 is 14.6 Å². The molecule has 19 heavy (non-hydrogen) atoms. The van der Waals surface area contributed by atoms with Gasteiger partial charge in [-0.05, 0) is 43.2 Å². The van der Waals surface area contributed by atoms with Crippen molar-refractivity contribution >= 4 is 5.97 Å². The third-order valence-corrected chi connectivity index (χ3v) is 2.96. The molecule has 2 aromatic rings. The van der Waals surface area contributed by atoms with Crippen LogP contribution < -0.4 is 4.74 Å². The molecule has 0 saturated carbocycles. The van der Waals surface area contributed by atoms with E-state index >= 15 is 0 Å². The zero-order valence-corrected chi connectivity index (χ0v) is 11.0. The predicted molar refractivity (Wildman–Crippen MR) is 74.7 cm³/mol. The van der Waals surface area contributed by atoms with Crippen LogP contribution >= 0.6 is 0 Å². The first kappa shape index (κ1) is 13.1. The van der Waals surface area contributed by atoms with Gasteiger partial charge in [0.15, 0.2) is 0 Å². The SMILES string of the molecule is CCOc1ccc(C(=O)O)cc1-c1ccccc1C. The lowest BCUT2D eigenvalue weighted by atomic mass is 9.98. The lowest BCUT2D eigenvalue weighted by Gasteiger charge is -2.13. The Hall–Kier alpha value is -2.29. The molecule has 3 heteroatoms. The van der Waals surface area contributed by atoms with Crippen LogP contribution in [0.1, 0.15) is 22.8 Å². The average Bonchev–Trinajstić information content (AvgIpc) is 2.40. The summed E-state index contributed by atoms with van der Waals surface area (Å²) in [5.74, 6) is -0.223. The van der Waals surface area contributed by atoms with Crippen LogP contribution in [-0.2, 0) is 0 Å². The number of benzene rings is 2. The Morgan fingerprint density at radius 3 is 2.53 bits per heavy atom. The van der Waals surface area contributed by atoms with E-state index in [2.05, 4.69) is 0 Å². The highest BCUT2D eigenvalue weighted by Gasteiger charge is 2.12. The van der Waals surface area contributed by atoms with Gasteiger partial charge >= 0.3 is 5.97 Å². The van der Waals surface area contributed by atoms with Crippen molar-refractivity contribution in [1.82, 2.24) is 0 Å². The summed E-state index contributed by atoms with van der Waals surface area (Å²) in [6.07, 6.45) is 0. The van der Waals surface area contributed by atoms with Gasteiger partial charge in [-0.25, -0.2) is 4.79 Å². The summed E-state index contributed by atoms with van der Waals surface area (Å²) in [5.41, 5.74) is 3.17. The Labute approximate surface area is 112 Å². The molecule has 3 nitrogen and oxygen atoms in total. The highest BCUT2D eigenvalue weighted by Crippen LogP contribution is 2.33. The summed E-state index contributed by atoms with van der Waals surface area (Å²) < 4.78 is 5.59. The van der Waals surface area contributed by atoms with E-state index in [9.17, 15) is 4.79 Å². The maximum absolute atomic E-state index is 11.1. The van der Waals surface area contributed by atoms with Crippen molar-refractivity contribution in [2.45, 2.75) is 13.8 Å². The number of hydrogen-bond acceptors (Lipinski definition) is 2. The number of carboxylic acids is 1. The van der Waals surface area contributed by atoms with E-state index in [1.54, 1.807) is 18.2 Å². The number of hydrogen-bond donors (Lipinski definition) is 1. The number of aryl methyl sites for hydroxylation is 1. The maximum Gasteiger partial charge on any atom is 0.335 e. The lowest BCUT2D eigenvalue weighted by molar-refractivity contribution is 0.0697. The van der Waals surface area contributed by atoms with Crippen LogP contribution in [0.3, 0.4) is 0 Å². The molecule has 98 valence electrons. The summed E-state index contributed by atoms with van der Waals surface area (Å²) in [6.45, 7) is 4.45. The summed E-state index contributed by atoms with van der Waals surface area (Å²) in [4.78, 5) is 11.1. The Balaban J connectivity index is 2.61. The Morgan fingerprint density at radius 2 is 1.89 bits per heavy atom. The highest BCUT2D eigenvalue weighted by molar-refractivity contribution is 5.90. The number of carboxylic acid groups (broad SMARTS) is 1. The number of ether oxygens (including phenoxy) is 1. The molecule has 2 rings (SSSR count). The zero-order valence-electron chi connectivity index (χ0n) is 11.0. The largest absolute Gasteiger partial charge is 0.493 e. The van der Waals surface area contributed by atoms with Gasteiger partial charge < -0.3 is 9.84 Å². The normalized spacial score (nSPS) is 10.2. The molecule has 0 bridgehead atoms. The van der Waals surface area contributed by atoms with Gasteiger partial charge in [0.1, 0.15) is 5.75 Å². The fourth-order valence-corrected chi connectivity index (χ4v) is 2.03. The number of rotatable bonds is 4. The topological polar surface area (TPSA) is 46.5 Å². The van der Waals surface area contributed by atoms with Crippen LogP contribution in [0.15, 0.2) is 42.5 Å². The molecule has 0 heterocycles. The van der Waals surface area contributed by atoms with Crippen molar-refractivity contribution in [3.8, 4) is 16.9 Å². The minimum absolute atomic E-state index is 0.265. The van der Waals surface area contributed by atoms with E-state index in [4.69, 9.17) is 9.84 Å². The van der Waals surface area contributed by atoms with Gasteiger partial charge in [0.05, 0.1) is 12.2 Å². The molecule has 0 saturated heterocycles. The van der Waals surface area contributed by atoms with Gasteiger partial charge in [-0.2, -0.15) is 0 Å². The average molecular weight is 256 g/mol. The second kappa shape index (κ2) is 5.57. The monoisotopic (exact) mass is 256 g/mol. The van der Waals surface area contributed by atoms with Gasteiger partial charge in [-0.1, -0.05) is 24.3 Å². The number of carbonyl (C=O) groups is 1. The fourth-order valence-electron chi connectivity index (χ4n) is 2.03. The van der Waals surface area contributed by atoms with Gasteiger partial charge in [-0.3, -0.25) is 0 Å². The van der Waals surface area contributed by atoms with Crippen LogP contribution in [0.25, 0.3) is 11.1 Å². The Kier molecular flexibility index (Phi) is 3.85. The summed E-state index contributed by atoms with van der Waals surface area (Å²) in [7, 11) is 0. The third-order valence-electron chi connectivity index (χ3n) is 2.96. The second-order valence-electron chi connectivity index (χ2n) is 4.26. The standard InChI is InChI=1S/C16H16O3/c1-3-19-15-9-8-12(16(17)18)10-14(15)13-7-5-4-6-11(13)2/h4-10H,3H2,1-2H3,(H,17,18). The summed E-state index contributed by atoms with van der Waals surface area (Å²) in [6, 6.07) is 12.8. The van der Waals surface area contributed by atoms with E-state index in [0.717, 1.165) is 16.7 Å². The number of aromatic carboxylic acids is 1. The van der Waals surface area contributed by atoms with Crippen molar-refractivity contribution in [2.75, 3.05) is 6.61 Å². The van der Waals surface area contributed by atoms with Crippen LogP contribution in [0.2, 0.25) is 0 Å². The van der Waals surface area contributed by atoms with Gasteiger partial charge in [0.25, 0.3) is 0 Å². The first-order chi connectivity index (χ1) is 9.13. The van der Waals surface area contributed by atoms with Crippen LogP contribution in [-0.4, -0.2) is 17.7 Å². The molecule has 0 unspecified atom stereocenters. The van der Waals surface area contributed by atoms with E-state index in [-0.39, 0.29) is 5.56 Å². The van der Waals surface area contributed by atoms with Crippen LogP contribution in [0.4, 0.5) is 0 Å². The van der Waals surface area contributed by atoms with E-state index in [1.807, 2.05) is 38.1 Å². The second-order valence-corrected chi connectivity index (χ2v) is 4.26. The van der Waals surface area contributed by atoms with Crippen LogP contribution in [0, 0.1) is 6.92 Å². The molecular formula is C16H16O3. The fraction of sp³-hybridized carbons (Fsp3) is 0.188. The van der Waals surface area contributed by atoms with Crippen molar-refractivity contribution in [2.24, 2.45) is 0 Å². The molecule has 0 amide bonds. The minimum Gasteiger partial charge on any atom is -0.493 e. The van der Waals surface area contributed by atoms with Crippen molar-refractivity contribution in [3.63, 3.8) is 0 Å². The van der Waals surface area contributed by atoms with E-state index in [1.165, 1.54) is 0 Å². The molecule has 0 spiro atoms. The van der Waals surface area contributed by atoms with Crippen molar-refractivity contribution in [3.05, 3.63) is 53.6 Å². The lowest BCUT2D eigenvalue weighted by Crippen LogP contribution is -2.00. The van der Waals surface area contributed by atoms with Gasteiger partial charge in [0, 0.05) is 5.56 Å². The van der Waals surface area contributed by atoms with Crippen molar-refractivity contribution in [1.29, 1.82) is 0 Å². The van der Waals surface area contributed by atoms with E-state index in [0.29, 0.717) is 12.4 Å². The highest BCUT2D eigenvalue weighted by atomic mass is 16.5. The van der Waals surface area contributed by atoms with Crippen LogP contribution in [0.5, 0.6) is 5.75 Å². The first-order valence-electron chi connectivity index (χ1n) is 6.19. The Morgan fingerprint density at radius 1 is 1.16 bits per heavy atom. The minimum atomic E-state index is -0.933. The molecule has 0 aliphatic rings. The first-order valence-corrected chi connectivity index (χ1v) is 6.19. The molecular weight excluding hydrogens is 240 g/mol. The molecule has 0 aliphatic carbocycles. The van der Waals surface area contributed by atoms with E-state index < -0.39 is 5.97 Å². The maximum atomic E-state index is 11.1. The van der Waals surface area contributed by atoms with Gasteiger partial charge in [-0.15, -0.1) is 0 Å². The smallest absolute Gasteiger partial charge is 0.335 e. The third kappa shape index (κ3) is 2.76. The molecule has 0 aliphatic heterocycles. The summed E-state index contributed by atoms with van der Waals surface area (Å²) >= 11 is 0. The summed E-state index contributed by atoms with van der Waals surface area (Å²) in [5, 5.41) is 9.11.